The number of nitriles is 1. The smallest absolute Gasteiger partial charge is 0.253 e. The van der Waals surface area contributed by atoms with Gasteiger partial charge in [-0.25, -0.2) is 0 Å². The van der Waals surface area contributed by atoms with Crippen molar-refractivity contribution in [1.29, 1.82) is 5.26 Å². The molecule has 0 unspecified atom stereocenters. The highest BCUT2D eigenvalue weighted by Gasteiger charge is 2.06. The third-order valence-electron chi connectivity index (χ3n) is 2.50. The maximum atomic E-state index is 11.9. The van der Waals surface area contributed by atoms with E-state index in [2.05, 4.69) is 26.2 Å². The number of nitrogens with one attached hydrogen (secondary N) is 1. The maximum absolute atomic E-state index is 11.9. The minimum Gasteiger partial charge on any atom is -0.348 e. The largest absolute Gasteiger partial charge is 0.348 e. The molecular weight excluding hydrogens is 306 g/mol. The van der Waals surface area contributed by atoms with Crippen molar-refractivity contribution in [3.8, 4) is 6.07 Å². The highest BCUT2D eigenvalue weighted by molar-refractivity contribution is 9.10. The van der Waals surface area contributed by atoms with Gasteiger partial charge in [0, 0.05) is 23.4 Å². The molecule has 0 bridgehead atoms. The molecule has 0 saturated carbocycles. The number of halogens is 1. The topological polar surface area (TPSA) is 65.8 Å². The Balaban J connectivity index is 2.01. The van der Waals surface area contributed by atoms with Gasteiger partial charge in [0.1, 0.15) is 6.07 Å². The van der Waals surface area contributed by atoms with Crippen LogP contribution in [0.2, 0.25) is 0 Å². The molecule has 5 heteroatoms. The first-order valence-corrected chi connectivity index (χ1v) is 6.36. The Morgan fingerprint density at radius 3 is 2.74 bits per heavy atom. The fraction of sp³-hybridized carbons (Fsp3) is 0.0714. The van der Waals surface area contributed by atoms with Crippen molar-refractivity contribution < 1.29 is 4.79 Å². The summed E-state index contributed by atoms with van der Waals surface area (Å²) in [6, 6.07) is 11.2. The Morgan fingerprint density at radius 2 is 2.05 bits per heavy atom. The van der Waals surface area contributed by atoms with Crippen molar-refractivity contribution in [2.24, 2.45) is 0 Å². The molecule has 0 aliphatic heterocycles. The number of pyridine rings is 1. The van der Waals surface area contributed by atoms with Gasteiger partial charge < -0.3 is 5.32 Å². The van der Waals surface area contributed by atoms with E-state index in [-0.39, 0.29) is 5.91 Å². The molecule has 94 valence electrons. The van der Waals surface area contributed by atoms with E-state index in [1.165, 1.54) is 18.5 Å². The Hall–Kier alpha value is -2.19. The van der Waals surface area contributed by atoms with Crippen LogP contribution in [-0.4, -0.2) is 10.9 Å². The first kappa shape index (κ1) is 13.2. The van der Waals surface area contributed by atoms with Crippen molar-refractivity contribution in [3.05, 3.63) is 63.9 Å². The summed E-state index contributed by atoms with van der Waals surface area (Å²) in [4.78, 5) is 15.7. The molecule has 1 aromatic heterocycles. The zero-order valence-corrected chi connectivity index (χ0v) is 11.5. The van der Waals surface area contributed by atoms with Gasteiger partial charge in [0.25, 0.3) is 5.91 Å². The van der Waals surface area contributed by atoms with Gasteiger partial charge in [-0.3, -0.25) is 9.78 Å². The number of hydrogen-bond acceptors (Lipinski definition) is 3. The average molecular weight is 316 g/mol. The van der Waals surface area contributed by atoms with E-state index >= 15 is 0 Å². The summed E-state index contributed by atoms with van der Waals surface area (Å²) in [5, 5.41) is 11.5. The molecule has 1 amide bonds. The molecular formula is C14H10BrN3O. The standard InChI is InChI=1S/C14H10BrN3O/c15-13-3-1-10(2-4-13)8-18-14(19)12-5-11(6-16)7-17-9-12/h1-5,7,9H,8H2,(H,18,19). The van der Waals surface area contributed by atoms with Crippen LogP contribution in [0.3, 0.4) is 0 Å². The second kappa shape index (κ2) is 6.12. The lowest BCUT2D eigenvalue weighted by Gasteiger charge is -2.05. The Bertz CT molecular complexity index is 632. The van der Waals surface area contributed by atoms with Crippen molar-refractivity contribution in [2.75, 3.05) is 0 Å². The van der Waals surface area contributed by atoms with Crippen molar-refractivity contribution in [3.63, 3.8) is 0 Å². The molecule has 2 aromatic rings. The summed E-state index contributed by atoms with van der Waals surface area (Å²) in [7, 11) is 0. The predicted molar refractivity (Wildman–Crippen MR) is 74.3 cm³/mol. The molecule has 0 saturated heterocycles. The molecule has 0 aliphatic rings. The SMILES string of the molecule is N#Cc1cncc(C(=O)NCc2ccc(Br)cc2)c1. The molecule has 1 aromatic carbocycles. The molecule has 19 heavy (non-hydrogen) atoms. The quantitative estimate of drug-likeness (QED) is 0.946. The van der Waals surface area contributed by atoms with Crippen molar-refractivity contribution >= 4 is 21.8 Å². The average Bonchev–Trinajstić information content (AvgIpc) is 2.46. The summed E-state index contributed by atoms with van der Waals surface area (Å²) in [6.07, 6.45) is 2.86. The number of carbonyl (C=O) groups excluding carboxylic acids is 1. The second-order valence-electron chi connectivity index (χ2n) is 3.88. The minimum absolute atomic E-state index is 0.243. The van der Waals surface area contributed by atoms with E-state index in [0.717, 1.165) is 10.0 Å². The minimum atomic E-state index is -0.243. The Morgan fingerprint density at radius 1 is 1.32 bits per heavy atom. The summed E-state index contributed by atoms with van der Waals surface area (Å²) in [5.74, 6) is -0.243. The van der Waals surface area contributed by atoms with E-state index in [4.69, 9.17) is 5.26 Å². The van der Waals surface area contributed by atoms with Gasteiger partial charge in [0.15, 0.2) is 0 Å². The van der Waals surface area contributed by atoms with E-state index in [1.54, 1.807) is 0 Å². The monoisotopic (exact) mass is 315 g/mol. The number of rotatable bonds is 3. The van der Waals surface area contributed by atoms with Crippen LogP contribution < -0.4 is 5.32 Å². The van der Waals surface area contributed by atoms with Crippen LogP contribution in [0.15, 0.2) is 47.2 Å². The highest BCUT2D eigenvalue weighted by Crippen LogP contribution is 2.10. The van der Waals surface area contributed by atoms with Crippen LogP contribution in [0.25, 0.3) is 0 Å². The molecule has 0 atom stereocenters. The molecule has 0 aliphatic carbocycles. The first-order chi connectivity index (χ1) is 9.19. The number of nitrogens with zero attached hydrogens (tertiary/aromatic N) is 2. The number of hydrogen-bond donors (Lipinski definition) is 1. The van der Waals surface area contributed by atoms with Gasteiger partial charge in [-0.05, 0) is 23.8 Å². The molecule has 1 heterocycles. The van der Waals surface area contributed by atoms with Crippen LogP contribution in [0, 0.1) is 11.3 Å². The first-order valence-electron chi connectivity index (χ1n) is 5.57. The number of aromatic nitrogens is 1. The van der Waals surface area contributed by atoms with E-state index in [0.29, 0.717) is 17.7 Å². The van der Waals surface area contributed by atoms with E-state index in [1.807, 2.05) is 30.3 Å². The lowest BCUT2D eigenvalue weighted by molar-refractivity contribution is 0.0950. The van der Waals surface area contributed by atoms with Crippen LogP contribution in [0.1, 0.15) is 21.5 Å². The van der Waals surface area contributed by atoms with Gasteiger partial charge in [-0.15, -0.1) is 0 Å². The fourth-order valence-electron chi connectivity index (χ4n) is 1.51. The predicted octanol–water partition coefficient (Wildman–Crippen LogP) is 2.65. The van der Waals surface area contributed by atoms with Crippen molar-refractivity contribution in [1.82, 2.24) is 10.3 Å². The Kier molecular flexibility index (Phi) is 4.26. The number of benzene rings is 1. The normalized spacial score (nSPS) is 9.68. The molecule has 4 nitrogen and oxygen atoms in total. The van der Waals surface area contributed by atoms with Crippen LogP contribution in [0.5, 0.6) is 0 Å². The number of amides is 1. The molecule has 2 rings (SSSR count). The zero-order valence-electron chi connectivity index (χ0n) is 9.93. The summed E-state index contributed by atoms with van der Waals surface area (Å²) in [6.45, 7) is 0.433. The summed E-state index contributed by atoms with van der Waals surface area (Å²) in [5.41, 5.74) is 1.76. The van der Waals surface area contributed by atoms with Gasteiger partial charge in [-0.2, -0.15) is 5.26 Å². The van der Waals surface area contributed by atoms with Gasteiger partial charge in [0.2, 0.25) is 0 Å². The van der Waals surface area contributed by atoms with Crippen LogP contribution >= 0.6 is 15.9 Å². The third kappa shape index (κ3) is 3.63. The lowest BCUT2D eigenvalue weighted by atomic mass is 10.2. The maximum Gasteiger partial charge on any atom is 0.253 e. The third-order valence-corrected chi connectivity index (χ3v) is 3.02. The van der Waals surface area contributed by atoms with Crippen LogP contribution in [-0.2, 0) is 6.54 Å². The van der Waals surface area contributed by atoms with Crippen LogP contribution in [0.4, 0.5) is 0 Å². The van der Waals surface area contributed by atoms with E-state index in [9.17, 15) is 4.79 Å². The second-order valence-corrected chi connectivity index (χ2v) is 4.80. The molecule has 0 radical (unpaired) electrons. The van der Waals surface area contributed by atoms with Gasteiger partial charge in [0.05, 0.1) is 11.1 Å². The summed E-state index contributed by atoms with van der Waals surface area (Å²) < 4.78 is 0.994. The Labute approximate surface area is 119 Å². The zero-order chi connectivity index (χ0) is 13.7. The lowest BCUT2D eigenvalue weighted by Crippen LogP contribution is -2.22. The fourth-order valence-corrected chi connectivity index (χ4v) is 1.78. The molecule has 1 N–H and O–H groups in total. The summed E-state index contributed by atoms with van der Waals surface area (Å²) >= 11 is 3.35. The van der Waals surface area contributed by atoms with Gasteiger partial charge >= 0.3 is 0 Å². The van der Waals surface area contributed by atoms with E-state index < -0.39 is 0 Å². The molecule has 0 spiro atoms. The number of carbonyl (C=O) groups is 1. The van der Waals surface area contributed by atoms with Gasteiger partial charge in [-0.1, -0.05) is 28.1 Å². The molecule has 0 fully saturated rings. The highest BCUT2D eigenvalue weighted by atomic mass is 79.9. The van der Waals surface area contributed by atoms with Crippen molar-refractivity contribution in [2.45, 2.75) is 6.54 Å².